The van der Waals surface area contributed by atoms with Crippen molar-refractivity contribution in [3.63, 3.8) is 0 Å². The molecule has 0 bridgehead atoms. The van der Waals surface area contributed by atoms with Crippen LogP contribution in [0, 0.1) is 16.7 Å². The lowest BCUT2D eigenvalue weighted by atomic mass is 9.71. The van der Waals surface area contributed by atoms with Crippen LogP contribution < -0.4 is 0 Å². The van der Waals surface area contributed by atoms with E-state index < -0.39 is 16.8 Å². The van der Waals surface area contributed by atoms with Gasteiger partial charge in [0.2, 0.25) is 0 Å². The van der Waals surface area contributed by atoms with E-state index in [-0.39, 0.29) is 31.1 Å². The number of hydrogen-bond acceptors (Lipinski definition) is 6. The van der Waals surface area contributed by atoms with Crippen LogP contribution in [0.3, 0.4) is 0 Å². The Balaban J connectivity index is 4.74. The molecule has 0 aliphatic carbocycles. The van der Waals surface area contributed by atoms with Crippen LogP contribution in [0.2, 0.25) is 0 Å². The van der Waals surface area contributed by atoms with Crippen molar-refractivity contribution in [2.24, 2.45) is 16.7 Å². The first kappa shape index (κ1) is 29.4. The maximum Gasteiger partial charge on any atom is 0.311 e. The first-order chi connectivity index (χ1) is 14.6. The van der Waals surface area contributed by atoms with E-state index in [2.05, 4.69) is 0 Å². The van der Waals surface area contributed by atoms with Gasteiger partial charge in [0.1, 0.15) is 13.2 Å². The summed E-state index contributed by atoms with van der Waals surface area (Å²) < 4.78 is 16.2. The number of ether oxygens (including phenoxy) is 3. The lowest BCUT2D eigenvalue weighted by Gasteiger charge is -2.34. The number of unbranched alkanes of at least 4 members (excludes halogenated alkanes) is 1. The molecule has 31 heavy (non-hydrogen) atoms. The second kappa shape index (κ2) is 15.3. The van der Waals surface area contributed by atoms with Crippen molar-refractivity contribution >= 4 is 17.9 Å². The average molecular weight is 443 g/mol. The van der Waals surface area contributed by atoms with Crippen LogP contribution in [0.4, 0.5) is 0 Å². The van der Waals surface area contributed by atoms with Gasteiger partial charge in [-0.3, -0.25) is 14.4 Å². The standard InChI is InChI=1S/C25H46O6/c1-8-12-16-30-23(28)25(7,15-11-4)19-24(5,6)22(27)31-18-17-29-21(26)20(13-9-2)14-10-3/h20H,8-19H2,1-7H3. The minimum Gasteiger partial charge on any atom is -0.465 e. The molecule has 1 atom stereocenters. The summed E-state index contributed by atoms with van der Waals surface area (Å²) in [5.74, 6) is -0.957. The normalized spacial score (nSPS) is 13.5. The molecule has 0 aliphatic heterocycles. The van der Waals surface area contributed by atoms with E-state index in [4.69, 9.17) is 14.2 Å². The Bertz CT molecular complexity index is 536. The largest absolute Gasteiger partial charge is 0.465 e. The van der Waals surface area contributed by atoms with Crippen molar-refractivity contribution in [2.75, 3.05) is 19.8 Å². The van der Waals surface area contributed by atoms with E-state index in [0.717, 1.165) is 44.9 Å². The smallest absolute Gasteiger partial charge is 0.311 e. The van der Waals surface area contributed by atoms with Gasteiger partial charge < -0.3 is 14.2 Å². The third-order valence-electron chi connectivity index (χ3n) is 5.58. The van der Waals surface area contributed by atoms with Crippen LogP contribution in [0.15, 0.2) is 0 Å². The summed E-state index contributed by atoms with van der Waals surface area (Å²) in [6.45, 7) is 14.1. The van der Waals surface area contributed by atoms with Gasteiger partial charge >= 0.3 is 17.9 Å². The molecule has 0 aromatic heterocycles. The monoisotopic (exact) mass is 442 g/mol. The molecule has 0 fully saturated rings. The zero-order chi connectivity index (χ0) is 23.9. The molecule has 182 valence electrons. The lowest BCUT2D eigenvalue weighted by molar-refractivity contribution is -0.166. The van der Waals surface area contributed by atoms with E-state index >= 15 is 0 Å². The zero-order valence-corrected chi connectivity index (χ0v) is 21.0. The highest BCUT2D eigenvalue weighted by Crippen LogP contribution is 2.39. The highest BCUT2D eigenvalue weighted by Gasteiger charge is 2.43. The fourth-order valence-corrected chi connectivity index (χ4v) is 4.01. The molecule has 0 N–H and O–H groups in total. The molecule has 0 aromatic rings. The van der Waals surface area contributed by atoms with Crippen molar-refractivity contribution < 1.29 is 28.6 Å². The van der Waals surface area contributed by atoms with Crippen molar-refractivity contribution in [3.8, 4) is 0 Å². The summed E-state index contributed by atoms with van der Waals surface area (Å²) in [7, 11) is 0. The number of rotatable bonds is 17. The van der Waals surface area contributed by atoms with Crippen LogP contribution in [0.25, 0.3) is 0 Å². The van der Waals surface area contributed by atoms with Crippen molar-refractivity contribution in [2.45, 2.75) is 106 Å². The summed E-state index contributed by atoms with van der Waals surface area (Å²) in [6, 6.07) is 0. The predicted molar refractivity (Wildman–Crippen MR) is 123 cm³/mol. The van der Waals surface area contributed by atoms with Crippen LogP contribution in [-0.4, -0.2) is 37.7 Å². The zero-order valence-electron chi connectivity index (χ0n) is 21.0. The summed E-state index contributed by atoms with van der Waals surface area (Å²) in [5, 5.41) is 0. The molecule has 6 heteroatoms. The van der Waals surface area contributed by atoms with Gasteiger partial charge in [-0.15, -0.1) is 0 Å². The van der Waals surface area contributed by atoms with Gasteiger partial charge in [0.25, 0.3) is 0 Å². The molecule has 0 amide bonds. The Kier molecular flexibility index (Phi) is 14.5. The molecule has 0 spiro atoms. The predicted octanol–water partition coefficient (Wildman–Crippen LogP) is 5.86. The summed E-state index contributed by atoms with van der Waals surface area (Å²) in [6.07, 6.45) is 7.06. The maximum absolute atomic E-state index is 12.7. The molecule has 0 rings (SSSR count). The highest BCUT2D eigenvalue weighted by molar-refractivity contribution is 5.80. The van der Waals surface area contributed by atoms with E-state index in [1.54, 1.807) is 13.8 Å². The fraction of sp³-hybridized carbons (Fsp3) is 0.880. The van der Waals surface area contributed by atoms with E-state index in [0.29, 0.717) is 19.4 Å². The molecule has 0 saturated carbocycles. The molecule has 0 heterocycles. The van der Waals surface area contributed by atoms with E-state index in [1.807, 2.05) is 34.6 Å². The minimum absolute atomic E-state index is 0.0183. The highest BCUT2D eigenvalue weighted by atomic mass is 16.6. The van der Waals surface area contributed by atoms with Gasteiger partial charge in [-0.2, -0.15) is 0 Å². The second-order valence-corrected chi connectivity index (χ2v) is 9.44. The third-order valence-corrected chi connectivity index (χ3v) is 5.58. The van der Waals surface area contributed by atoms with Crippen LogP contribution in [-0.2, 0) is 28.6 Å². The third kappa shape index (κ3) is 11.0. The van der Waals surface area contributed by atoms with Gasteiger partial charge in [0.15, 0.2) is 0 Å². The van der Waals surface area contributed by atoms with E-state index in [9.17, 15) is 14.4 Å². The first-order valence-electron chi connectivity index (χ1n) is 12.1. The van der Waals surface area contributed by atoms with Gasteiger partial charge in [-0.1, -0.05) is 53.4 Å². The molecule has 6 nitrogen and oxygen atoms in total. The lowest BCUT2D eigenvalue weighted by Crippen LogP contribution is -2.39. The summed E-state index contributed by atoms with van der Waals surface area (Å²) >= 11 is 0. The van der Waals surface area contributed by atoms with Crippen molar-refractivity contribution in [1.29, 1.82) is 0 Å². The van der Waals surface area contributed by atoms with Gasteiger partial charge in [-0.25, -0.2) is 0 Å². The van der Waals surface area contributed by atoms with Crippen LogP contribution >= 0.6 is 0 Å². The maximum atomic E-state index is 12.7. The number of carbonyl (C=O) groups excluding carboxylic acids is 3. The number of esters is 3. The van der Waals surface area contributed by atoms with Crippen LogP contribution in [0.5, 0.6) is 0 Å². The van der Waals surface area contributed by atoms with Crippen molar-refractivity contribution in [1.82, 2.24) is 0 Å². The Morgan fingerprint density at radius 1 is 0.710 bits per heavy atom. The Labute approximate surface area is 189 Å². The molecular formula is C25H46O6. The quantitative estimate of drug-likeness (QED) is 0.160. The van der Waals surface area contributed by atoms with Crippen LogP contribution in [0.1, 0.15) is 106 Å². The minimum atomic E-state index is -0.856. The average Bonchev–Trinajstić information content (AvgIpc) is 2.70. The van der Waals surface area contributed by atoms with E-state index in [1.165, 1.54) is 0 Å². The molecule has 0 aromatic carbocycles. The molecule has 0 saturated heterocycles. The van der Waals surface area contributed by atoms with Gasteiger partial charge in [-0.05, 0) is 52.9 Å². The van der Waals surface area contributed by atoms with Crippen molar-refractivity contribution in [3.05, 3.63) is 0 Å². The molecule has 0 aliphatic rings. The fourth-order valence-electron chi connectivity index (χ4n) is 4.01. The Morgan fingerprint density at radius 3 is 1.77 bits per heavy atom. The molecule has 1 unspecified atom stereocenters. The summed E-state index contributed by atoms with van der Waals surface area (Å²) in [4.78, 5) is 37.6. The first-order valence-corrected chi connectivity index (χ1v) is 12.1. The molecule has 0 radical (unpaired) electrons. The number of carbonyl (C=O) groups is 3. The SMILES string of the molecule is CCCCOC(=O)C(C)(CCC)CC(C)(C)C(=O)OCCOC(=O)C(CCC)CCC. The Morgan fingerprint density at radius 2 is 1.26 bits per heavy atom. The topological polar surface area (TPSA) is 78.9 Å². The van der Waals surface area contributed by atoms with Gasteiger partial charge in [0.05, 0.1) is 23.4 Å². The Hall–Kier alpha value is -1.59. The second-order valence-electron chi connectivity index (χ2n) is 9.44. The molecular weight excluding hydrogens is 396 g/mol. The number of hydrogen-bond donors (Lipinski definition) is 0. The van der Waals surface area contributed by atoms with Gasteiger partial charge in [0, 0.05) is 0 Å². The summed E-state index contributed by atoms with van der Waals surface area (Å²) in [5.41, 5.74) is -1.60.